The summed E-state index contributed by atoms with van der Waals surface area (Å²) in [6, 6.07) is 1.87. The summed E-state index contributed by atoms with van der Waals surface area (Å²) in [4.78, 5) is 0.961. The monoisotopic (exact) mass is 273 g/mol. The summed E-state index contributed by atoms with van der Waals surface area (Å²) < 4.78 is 0. The van der Waals surface area contributed by atoms with Crippen LogP contribution in [-0.4, -0.2) is 11.7 Å². The molecule has 96 valence electrons. The van der Waals surface area contributed by atoms with Gasteiger partial charge in [-0.1, -0.05) is 37.3 Å². The van der Waals surface area contributed by atoms with Gasteiger partial charge in [-0.15, -0.1) is 11.3 Å². The normalized spacial score (nSPS) is 22.1. The number of aliphatic hydroxyl groups excluding tert-OH is 1. The molecular formula is C13H20ClNOS. The van der Waals surface area contributed by atoms with E-state index in [4.69, 9.17) is 17.3 Å². The molecule has 1 aliphatic carbocycles. The summed E-state index contributed by atoms with van der Waals surface area (Å²) in [6.07, 6.45) is 6.48. The van der Waals surface area contributed by atoms with E-state index in [-0.39, 0.29) is 5.41 Å². The lowest BCUT2D eigenvalue weighted by Gasteiger charge is -2.36. The van der Waals surface area contributed by atoms with E-state index in [1.807, 2.05) is 11.4 Å². The van der Waals surface area contributed by atoms with Crippen LogP contribution in [0.5, 0.6) is 0 Å². The molecule has 0 amide bonds. The van der Waals surface area contributed by atoms with Crippen LogP contribution >= 0.6 is 22.9 Å². The molecule has 1 aromatic heterocycles. The van der Waals surface area contributed by atoms with Gasteiger partial charge in [-0.05, 0) is 18.9 Å². The predicted octanol–water partition coefficient (Wildman–Crippen LogP) is 3.73. The molecule has 1 aliphatic rings. The van der Waals surface area contributed by atoms with Gasteiger partial charge in [0.05, 0.1) is 11.1 Å². The second-order valence-electron chi connectivity index (χ2n) is 5.05. The Kier molecular flexibility index (Phi) is 4.47. The minimum atomic E-state index is -0.455. The first-order valence-corrected chi connectivity index (χ1v) is 7.56. The summed E-state index contributed by atoms with van der Waals surface area (Å²) in [7, 11) is 0. The van der Waals surface area contributed by atoms with Crippen molar-refractivity contribution in [1.29, 1.82) is 0 Å². The number of nitrogens with two attached hydrogens (primary N) is 1. The second-order valence-corrected chi connectivity index (χ2v) is 6.43. The molecular weight excluding hydrogens is 254 g/mol. The molecule has 1 saturated carbocycles. The van der Waals surface area contributed by atoms with Gasteiger partial charge in [0, 0.05) is 22.2 Å². The lowest BCUT2D eigenvalue weighted by Crippen LogP contribution is -2.36. The van der Waals surface area contributed by atoms with E-state index in [1.165, 1.54) is 37.0 Å². The van der Waals surface area contributed by atoms with E-state index in [0.717, 1.165) is 17.7 Å². The molecule has 4 heteroatoms. The van der Waals surface area contributed by atoms with E-state index < -0.39 is 6.10 Å². The lowest BCUT2D eigenvalue weighted by atomic mass is 9.75. The highest BCUT2D eigenvalue weighted by Crippen LogP contribution is 2.46. The molecule has 2 nitrogen and oxygen atoms in total. The first-order valence-electron chi connectivity index (χ1n) is 6.30. The minimum Gasteiger partial charge on any atom is -0.387 e. The van der Waals surface area contributed by atoms with Crippen molar-refractivity contribution in [3.05, 3.63) is 21.3 Å². The molecule has 1 aromatic rings. The van der Waals surface area contributed by atoms with Crippen LogP contribution in [0.2, 0.25) is 5.02 Å². The molecule has 0 aliphatic heterocycles. The van der Waals surface area contributed by atoms with Gasteiger partial charge in [-0.2, -0.15) is 0 Å². The third-order valence-corrected chi connectivity index (χ3v) is 5.28. The van der Waals surface area contributed by atoms with Crippen LogP contribution in [0.1, 0.15) is 49.5 Å². The summed E-state index contributed by atoms with van der Waals surface area (Å²) in [6.45, 7) is 0.559. The lowest BCUT2D eigenvalue weighted by molar-refractivity contribution is 0.0193. The number of aliphatic hydroxyl groups is 1. The smallest absolute Gasteiger partial charge is 0.0950 e. The fourth-order valence-electron chi connectivity index (χ4n) is 2.80. The largest absolute Gasteiger partial charge is 0.387 e. The molecule has 17 heavy (non-hydrogen) atoms. The van der Waals surface area contributed by atoms with Crippen molar-refractivity contribution in [3.63, 3.8) is 0 Å². The van der Waals surface area contributed by atoms with E-state index in [9.17, 15) is 5.11 Å². The molecule has 0 radical (unpaired) electrons. The maximum absolute atomic E-state index is 10.6. The quantitative estimate of drug-likeness (QED) is 0.824. The second kappa shape index (κ2) is 5.70. The standard InChI is InChI=1S/C13H20ClNOS/c14-10-7-11(17-8-10)12(16)13(9-15)5-3-1-2-4-6-13/h7-8,12,16H,1-6,9,15H2. The Labute approximate surface area is 112 Å². The van der Waals surface area contributed by atoms with Gasteiger partial charge in [0.1, 0.15) is 0 Å². The number of halogens is 1. The first kappa shape index (κ1) is 13.3. The Morgan fingerprint density at radius 3 is 2.47 bits per heavy atom. The van der Waals surface area contributed by atoms with Gasteiger partial charge in [-0.25, -0.2) is 0 Å². The van der Waals surface area contributed by atoms with Gasteiger partial charge in [0.25, 0.3) is 0 Å². The average Bonchev–Trinajstić information content (AvgIpc) is 2.64. The zero-order chi connectivity index (χ0) is 12.3. The van der Waals surface area contributed by atoms with Crippen LogP contribution in [0.25, 0.3) is 0 Å². The maximum Gasteiger partial charge on any atom is 0.0950 e. The average molecular weight is 274 g/mol. The van der Waals surface area contributed by atoms with Gasteiger partial charge in [0.2, 0.25) is 0 Å². The molecule has 1 unspecified atom stereocenters. The molecule has 1 heterocycles. The Morgan fingerprint density at radius 2 is 2.00 bits per heavy atom. The van der Waals surface area contributed by atoms with Crippen molar-refractivity contribution in [2.24, 2.45) is 11.1 Å². The van der Waals surface area contributed by atoms with Crippen LogP contribution in [0.4, 0.5) is 0 Å². The van der Waals surface area contributed by atoms with E-state index in [1.54, 1.807) is 0 Å². The van der Waals surface area contributed by atoms with Crippen molar-refractivity contribution in [2.45, 2.75) is 44.6 Å². The van der Waals surface area contributed by atoms with Gasteiger partial charge < -0.3 is 10.8 Å². The fraction of sp³-hybridized carbons (Fsp3) is 0.692. The van der Waals surface area contributed by atoms with Crippen LogP contribution < -0.4 is 5.73 Å². The van der Waals surface area contributed by atoms with E-state index >= 15 is 0 Å². The highest BCUT2D eigenvalue weighted by Gasteiger charge is 2.38. The topological polar surface area (TPSA) is 46.2 Å². The third kappa shape index (κ3) is 2.84. The Bertz CT molecular complexity index is 358. The summed E-state index contributed by atoms with van der Waals surface area (Å²) >= 11 is 7.47. The van der Waals surface area contributed by atoms with Crippen molar-refractivity contribution in [3.8, 4) is 0 Å². The number of hydrogen-bond acceptors (Lipinski definition) is 3. The van der Waals surface area contributed by atoms with Crippen molar-refractivity contribution in [1.82, 2.24) is 0 Å². The molecule has 2 rings (SSSR count). The number of thiophene rings is 1. The third-order valence-electron chi connectivity index (χ3n) is 3.94. The van der Waals surface area contributed by atoms with Gasteiger partial charge in [-0.3, -0.25) is 0 Å². The molecule has 3 N–H and O–H groups in total. The zero-order valence-corrected chi connectivity index (χ0v) is 11.6. The zero-order valence-electron chi connectivity index (χ0n) is 9.99. The highest BCUT2D eigenvalue weighted by atomic mass is 35.5. The Balaban J connectivity index is 2.21. The van der Waals surface area contributed by atoms with Gasteiger partial charge >= 0.3 is 0 Å². The summed E-state index contributed by atoms with van der Waals surface area (Å²) in [5.74, 6) is 0. The summed E-state index contributed by atoms with van der Waals surface area (Å²) in [5.41, 5.74) is 5.83. The molecule has 0 spiro atoms. The van der Waals surface area contributed by atoms with Crippen molar-refractivity contribution in [2.75, 3.05) is 6.54 Å². The Hall–Kier alpha value is -0.0900. The van der Waals surface area contributed by atoms with Crippen LogP contribution in [0.3, 0.4) is 0 Å². The molecule has 1 atom stereocenters. The van der Waals surface area contributed by atoms with Crippen LogP contribution in [0, 0.1) is 5.41 Å². The predicted molar refractivity (Wildman–Crippen MR) is 73.5 cm³/mol. The maximum atomic E-state index is 10.6. The Morgan fingerprint density at radius 1 is 1.35 bits per heavy atom. The number of hydrogen-bond donors (Lipinski definition) is 2. The van der Waals surface area contributed by atoms with Crippen LogP contribution in [0.15, 0.2) is 11.4 Å². The highest BCUT2D eigenvalue weighted by molar-refractivity contribution is 7.10. The fourth-order valence-corrected chi connectivity index (χ4v) is 4.00. The van der Waals surface area contributed by atoms with E-state index in [0.29, 0.717) is 11.6 Å². The number of rotatable bonds is 3. The molecule has 0 bridgehead atoms. The first-order chi connectivity index (χ1) is 8.18. The molecule has 0 saturated heterocycles. The minimum absolute atomic E-state index is 0.134. The summed E-state index contributed by atoms with van der Waals surface area (Å²) in [5, 5.41) is 13.2. The van der Waals surface area contributed by atoms with Gasteiger partial charge in [0.15, 0.2) is 0 Å². The van der Waals surface area contributed by atoms with E-state index in [2.05, 4.69) is 0 Å². The SMILES string of the molecule is NCC1(C(O)c2cc(Cl)cs2)CCCCCC1. The van der Waals surface area contributed by atoms with Crippen LogP contribution in [-0.2, 0) is 0 Å². The van der Waals surface area contributed by atoms with Crippen molar-refractivity contribution >= 4 is 22.9 Å². The van der Waals surface area contributed by atoms with Crippen molar-refractivity contribution < 1.29 is 5.11 Å². The molecule has 0 aromatic carbocycles. The molecule has 1 fully saturated rings.